The van der Waals surface area contributed by atoms with Gasteiger partial charge in [0.25, 0.3) is 0 Å². The number of aliphatic carboxylic acids is 1. The largest absolute Gasteiger partial charge is 0.481 e. The summed E-state index contributed by atoms with van der Waals surface area (Å²) in [5.74, 6) is -0.367. The number of aromatic nitrogens is 2. The van der Waals surface area contributed by atoms with Gasteiger partial charge in [-0.05, 0) is 24.3 Å². The number of piperidine rings is 1. The van der Waals surface area contributed by atoms with E-state index in [-0.39, 0.29) is 5.92 Å². The molecule has 1 fully saturated rings. The van der Waals surface area contributed by atoms with Gasteiger partial charge in [-0.3, -0.25) is 4.79 Å². The number of rotatable bonds is 2. The van der Waals surface area contributed by atoms with Crippen LogP contribution >= 0.6 is 22.9 Å². The van der Waals surface area contributed by atoms with Gasteiger partial charge in [-0.25, -0.2) is 9.97 Å². The number of anilines is 1. The van der Waals surface area contributed by atoms with Crippen molar-refractivity contribution in [2.45, 2.75) is 12.8 Å². The topological polar surface area (TPSA) is 66.3 Å². The van der Waals surface area contributed by atoms with E-state index in [0.717, 1.165) is 10.2 Å². The fourth-order valence-corrected chi connectivity index (χ4v) is 3.32. The first-order valence-electron chi connectivity index (χ1n) is 6.03. The highest BCUT2D eigenvalue weighted by Gasteiger charge is 2.26. The normalized spacial score (nSPS) is 17.0. The van der Waals surface area contributed by atoms with Crippen LogP contribution in [0.5, 0.6) is 0 Å². The van der Waals surface area contributed by atoms with Crippen LogP contribution in [0, 0.1) is 5.92 Å². The molecule has 1 saturated heterocycles. The van der Waals surface area contributed by atoms with Crippen LogP contribution in [0.25, 0.3) is 10.2 Å². The molecule has 5 nitrogen and oxygen atoms in total. The van der Waals surface area contributed by atoms with Crippen LogP contribution in [0.15, 0.2) is 11.4 Å². The first kappa shape index (κ1) is 12.6. The van der Waals surface area contributed by atoms with Crippen LogP contribution in [-0.2, 0) is 4.79 Å². The second kappa shape index (κ2) is 4.94. The summed E-state index contributed by atoms with van der Waals surface area (Å²) in [5, 5.41) is 12.3. The van der Waals surface area contributed by atoms with Crippen molar-refractivity contribution in [1.29, 1.82) is 0 Å². The lowest BCUT2D eigenvalue weighted by Gasteiger charge is -2.30. The van der Waals surface area contributed by atoms with Crippen molar-refractivity contribution in [3.05, 3.63) is 16.6 Å². The molecule has 3 rings (SSSR count). The van der Waals surface area contributed by atoms with E-state index < -0.39 is 5.97 Å². The quantitative estimate of drug-likeness (QED) is 0.863. The number of carboxylic acids is 1. The summed E-state index contributed by atoms with van der Waals surface area (Å²) >= 11 is 7.67. The molecule has 2 aromatic heterocycles. The zero-order valence-corrected chi connectivity index (χ0v) is 11.6. The molecular weight excluding hydrogens is 286 g/mol. The molecule has 0 amide bonds. The maximum absolute atomic E-state index is 10.9. The molecule has 100 valence electrons. The van der Waals surface area contributed by atoms with Crippen molar-refractivity contribution in [3.63, 3.8) is 0 Å². The number of nitrogens with zero attached hydrogens (tertiary/aromatic N) is 3. The van der Waals surface area contributed by atoms with Gasteiger partial charge < -0.3 is 10.0 Å². The number of fused-ring (bicyclic) bond motifs is 1. The number of carbonyl (C=O) groups is 1. The van der Waals surface area contributed by atoms with Crippen LogP contribution < -0.4 is 4.90 Å². The molecule has 0 bridgehead atoms. The fourth-order valence-electron chi connectivity index (χ4n) is 2.28. The molecule has 1 N–H and O–H groups in total. The van der Waals surface area contributed by atoms with E-state index in [1.54, 1.807) is 0 Å². The highest BCUT2D eigenvalue weighted by atomic mass is 35.5. The Hall–Kier alpha value is -1.40. The van der Waals surface area contributed by atoms with E-state index in [2.05, 4.69) is 9.97 Å². The van der Waals surface area contributed by atoms with E-state index in [4.69, 9.17) is 16.7 Å². The zero-order valence-electron chi connectivity index (χ0n) is 10.0. The number of halogens is 1. The number of hydrogen-bond donors (Lipinski definition) is 1. The van der Waals surface area contributed by atoms with Crippen LogP contribution in [0.1, 0.15) is 12.8 Å². The Labute approximate surface area is 118 Å². The predicted molar refractivity (Wildman–Crippen MR) is 75.0 cm³/mol. The van der Waals surface area contributed by atoms with Crippen molar-refractivity contribution < 1.29 is 9.90 Å². The lowest BCUT2D eigenvalue weighted by atomic mass is 9.97. The van der Waals surface area contributed by atoms with Gasteiger partial charge in [-0.2, -0.15) is 0 Å². The van der Waals surface area contributed by atoms with Crippen molar-refractivity contribution in [3.8, 4) is 0 Å². The van der Waals surface area contributed by atoms with Gasteiger partial charge in [0.05, 0.1) is 5.92 Å². The van der Waals surface area contributed by atoms with E-state index in [0.29, 0.717) is 37.0 Å². The molecule has 3 heterocycles. The molecule has 1 aliphatic heterocycles. The number of hydrogen-bond acceptors (Lipinski definition) is 5. The molecule has 0 radical (unpaired) electrons. The van der Waals surface area contributed by atoms with E-state index >= 15 is 0 Å². The lowest BCUT2D eigenvalue weighted by Crippen LogP contribution is -2.37. The smallest absolute Gasteiger partial charge is 0.306 e. The molecule has 0 atom stereocenters. The van der Waals surface area contributed by atoms with Gasteiger partial charge in [-0.15, -0.1) is 11.3 Å². The van der Waals surface area contributed by atoms with Crippen LogP contribution in [-0.4, -0.2) is 34.1 Å². The van der Waals surface area contributed by atoms with Gasteiger partial charge in [0.2, 0.25) is 5.95 Å². The summed E-state index contributed by atoms with van der Waals surface area (Å²) in [4.78, 5) is 22.6. The summed E-state index contributed by atoms with van der Waals surface area (Å²) in [7, 11) is 0. The average molecular weight is 298 g/mol. The Morgan fingerprint density at radius 3 is 2.84 bits per heavy atom. The first-order valence-corrected chi connectivity index (χ1v) is 7.29. The van der Waals surface area contributed by atoms with Gasteiger partial charge in [-0.1, -0.05) is 11.6 Å². The van der Waals surface area contributed by atoms with Gasteiger partial charge in [0.15, 0.2) is 0 Å². The van der Waals surface area contributed by atoms with Crippen LogP contribution in [0.2, 0.25) is 5.15 Å². The molecule has 0 unspecified atom stereocenters. The van der Waals surface area contributed by atoms with Crippen molar-refractivity contribution in [2.24, 2.45) is 5.92 Å². The fraction of sp³-hybridized carbons (Fsp3) is 0.417. The summed E-state index contributed by atoms with van der Waals surface area (Å²) in [5.41, 5.74) is 0. The molecule has 0 saturated carbocycles. The third-order valence-electron chi connectivity index (χ3n) is 3.39. The standard InChI is InChI=1S/C12H12ClN3O2S/c13-9-8-3-6-19-10(8)15-12(14-9)16-4-1-7(2-5-16)11(17)18/h3,6-7H,1-2,4-5H2,(H,17,18). The van der Waals surface area contributed by atoms with E-state index in [1.165, 1.54) is 11.3 Å². The Balaban J connectivity index is 1.83. The Kier molecular flexibility index (Phi) is 3.28. The van der Waals surface area contributed by atoms with E-state index in [1.807, 2.05) is 16.3 Å². The second-order valence-corrected chi connectivity index (χ2v) is 5.81. The molecule has 19 heavy (non-hydrogen) atoms. The highest BCUT2D eigenvalue weighted by Crippen LogP contribution is 2.29. The minimum atomic E-state index is -0.715. The second-order valence-electron chi connectivity index (χ2n) is 4.55. The maximum Gasteiger partial charge on any atom is 0.306 e. The van der Waals surface area contributed by atoms with Gasteiger partial charge in [0.1, 0.15) is 9.98 Å². The highest BCUT2D eigenvalue weighted by molar-refractivity contribution is 7.16. The van der Waals surface area contributed by atoms with Crippen LogP contribution in [0.3, 0.4) is 0 Å². The Morgan fingerprint density at radius 1 is 1.42 bits per heavy atom. The number of carboxylic acid groups (broad SMARTS) is 1. The van der Waals surface area contributed by atoms with Crippen molar-refractivity contribution in [2.75, 3.05) is 18.0 Å². The number of thiophene rings is 1. The lowest BCUT2D eigenvalue weighted by molar-refractivity contribution is -0.142. The molecular formula is C12H12ClN3O2S. The Bertz CT molecular complexity index is 622. The third kappa shape index (κ3) is 2.37. The minimum absolute atomic E-state index is 0.253. The minimum Gasteiger partial charge on any atom is -0.481 e. The monoisotopic (exact) mass is 297 g/mol. The third-order valence-corrected chi connectivity index (χ3v) is 4.49. The van der Waals surface area contributed by atoms with E-state index in [9.17, 15) is 4.79 Å². The summed E-state index contributed by atoms with van der Waals surface area (Å²) in [6, 6.07) is 1.91. The average Bonchev–Trinajstić information content (AvgIpc) is 2.87. The van der Waals surface area contributed by atoms with Crippen LogP contribution in [0.4, 0.5) is 5.95 Å². The molecule has 1 aliphatic rings. The molecule has 0 aromatic carbocycles. The Morgan fingerprint density at radius 2 is 2.16 bits per heavy atom. The maximum atomic E-state index is 10.9. The summed E-state index contributed by atoms with van der Waals surface area (Å²) in [6.07, 6.45) is 1.25. The predicted octanol–water partition coefficient (Wildman–Crippen LogP) is 2.65. The first-order chi connectivity index (χ1) is 9.15. The molecule has 0 spiro atoms. The van der Waals surface area contributed by atoms with Gasteiger partial charge in [0, 0.05) is 18.5 Å². The molecule has 7 heteroatoms. The zero-order chi connectivity index (χ0) is 13.4. The van der Waals surface area contributed by atoms with Gasteiger partial charge >= 0.3 is 5.97 Å². The van der Waals surface area contributed by atoms with Crippen molar-refractivity contribution in [1.82, 2.24) is 9.97 Å². The molecule has 2 aromatic rings. The summed E-state index contributed by atoms with van der Waals surface area (Å²) in [6.45, 7) is 1.31. The SMILES string of the molecule is O=C(O)C1CCN(c2nc(Cl)c3ccsc3n2)CC1. The summed E-state index contributed by atoms with van der Waals surface area (Å²) < 4.78 is 0. The van der Waals surface area contributed by atoms with Crippen molar-refractivity contribution >= 4 is 45.1 Å². The molecule has 0 aliphatic carbocycles.